The van der Waals surface area contributed by atoms with E-state index in [1.165, 1.54) is 18.3 Å². The summed E-state index contributed by atoms with van der Waals surface area (Å²) in [6.07, 6.45) is -3.45. The molecule has 94 valence electrons. The van der Waals surface area contributed by atoms with Gasteiger partial charge in [-0.05, 0) is 23.8 Å². The summed E-state index contributed by atoms with van der Waals surface area (Å²) in [6.45, 7) is 0. The first kappa shape index (κ1) is 12.3. The minimum absolute atomic E-state index is 0.0985. The Balaban J connectivity index is 2.58. The van der Waals surface area contributed by atoms with E-state index in [1.807, 2.05) is 0 Å². The van der Waals surface area contributed by atoms with Crippen LogP contribution in [-0.4, -0.2) is 4.98 Å². The van der Waals surface area contributed by atoms with Crippen molar-refractivity contribution >= 4 is 0 Å². The van der Waals surface area contributed by atoms with Crippen LogP contribution in [0.15, 0.2) is 41.3 Å². The summed E-state index contributed by atoms with van der Waals surface area (Å²) in [5.41, 5.74) is -1.40. The molecular weight excluding hydrogens is 250 g/mol. The van der Waals surface area contributed by atoms with Gasteiger partial charge >= 0.3 is 6.18 Å². The Bertz CT molecular complexity index is 630. The molecule has 0 atom stereocenters. The van der Waals surface area contributed by atoms with E-state index < -0.39 is 17.6 Å². The average Bonchev–Trinajstić information content (AvgIpc) is 2.28. The summed E-state index contributed by atoms with van der Waals surface area (Å²) in [5.74, 6) is -1.34. The van der Waals surface area contributed by atoms with Crippen LogP contribution in [0.25, 0.3) is 11.3 Å². The number of hydrogen-bond acceptors (Lipinski definition) is 1. The van der Waals surface area contributed by atoms with Crippen LogP contribution in [0, 0.1) is 5.82 Å². The molecule has 0 aliphatic heterocycles. The quantitative estimate of drug-likeness (QED) is 0.782. The van der Waals surface area contributed by atoms with Crippen molar-refractivity contribution in [1.29, 1.82) is 0 Å². The number of benzene rings is 1. The van der Waals surface area contributed by atoms with Crippen LogP contribution in [0.2, 0.25) is 0 Å². The maximum atomic E-state index is 13.1. The smallest absolute Gasteiger partial charge is 0.361 e. The van der Waals surface area contributed by atoms with E-state index in [9.17, 15) is 22.4 Å². The molecule has 0 amide bonds. The average molecular weight is 257 g/mol. The molecule has 1 N–H and O–H groups in total. The number of aromatic amines is 1. The normalized spacial score (nSPS) is 11.6. The lowest BCUT2D eigenvalue weighted by atomic mass is 10.1. The van der Waals surface area contributed by atoms with Gasteiger partial charge in [-0.15, -0.1) is 0 Å². The van der Waals surface area contributed by atoms with Crippen LogP contribution in [0.3, 0.4) is 0 Å². The van der Waals surface area contributed by atoms with Crippen LogP contribution in [0.5, 0.6) is 0 Å². The first-order chi connectivity index (χ1) is 8.38. The van der Waals surface area contributed by atoms with Gasteiger partial charge in [0.25, 0.3) is 0 Å². The lowest BCUT2D eigenvalue weighted by Gasteiger charge is -2.10. The molecule has 1 heterocycles. The topological polar surface area (TPSA) is 32.9 Å². The highest BCUT2D eigenvalue weighted by molar-refractivity contribution is 5.60. The second kappa shape index (κ2) is 4.29. The van der Waals surface area contributed by atoms with E-state index in [0.29, 0.717) is 6.07 Å². The fourth-order valence-electron chi connectivity index (χ4n) is 1.52. The fraction of sp³-hybridized carbons (Fsp3) is 0.0833. The van der Waals surface area contributed by atoms with Gasteiger partial charge in [-0.25, -0.2) is 4.39 Å². The number of H-pyrrole nitrogens is 1. The van der Waals surface area contributed by atoms with Gasteiger partial charge in [0.15, 0.2) is 5.43 Å². The molecule has 0 saturated heterocycles. The van der Waals surface area contributed by atoms with Gasteiger partial charge < -0.3 is 4.98 Å². The lowest BCUT2D eigenvalue weighted by molar-refractivity contribution is -0.139. The predicted molar refractivity (Wildman–Crippen MR) is 57.5 cm³/mol. The van der Waals surface area contributed by atoms with Crippen LogP contribution >= 0.6 is 0 Å². The van der Waals surface area contributed by atoms with Crippen LogP contribution in [-0.2, 0) is 6.18 Å². The van der Waals surface area contributed by atoms with E-state index in [0.717, 1.165) is 12.1 Å². The summed E-state index contributed by atoms with van der Waals surface area (Å²) in [5, 5.41) is 0. The van der Waals surface area contributed by atoms with E-state index >= 15 is 0 Å². The lowest BCUT2D eigenvalue weighted by Crippen LogP contribution is -2.08. The predicted octanol–water partition coefficient (Wildman–Crippen LogP) is 3.20. The summed E-state index contributed by atoms with van der Waals surface area (Å²) < 4.78 is 50.6. The van der Waals surface area contributed by atoms with Gasteiger partial charge in [0.1, 0.15) is 5.82 Å². The summed E-state index contributed by atoms with van der Waals surface area (Å²) in [4.78, 5) is 13.7. The fourth-order valence-corrected chi connectivity index (χ4v) is 1.52. The first-order valence-electron chi connectivity index (χ1n) is 4.94. The Morgan fingerprint density at radius 2 is 1.78 bits per heavy atom. The molecule has 2 aromatic rings. The van der Waals surface area contributed by atoms with Gasteiger partial charge in [0.2, 0.25) is 0 Å². The second-order valence-electron chi connectivity index (χ2n) is 3.63. The molecule has 0 bridgehead atoms. The van der Waals surface area contributed by atoms with Crippen molar-refractivity contribution in [2.45, 2.75) is 6.18 Å². The Morgan fingerprint density at radius 1 is 1.06 bits per heavy atom. The van der Waals surface area contributed by atoms with Crippen molar-refractivity contribution in [3.63, 3.8) is 0 Å². The third-order valence-electron chi connectivity index (χ3n) is 2.36. The molecule has 0 aliphatic carbocycles. The summed E-state index contributed by atoms with van der Waals surface area (Å²) in [6, 6.07) is 4.95. The summed E-state index contributed by atoms with van der Waals surface area (Å²) >= 11 is 0. The van der Waals surface area contributed by atoms with Gasteiger partial charge in [0.05, 0.1) is 5.56 Å². The van der Waals surface area contributed by atoms with Gasteiger partial charge in [0, 0.05) is 24.0 Å². The van der Waals surface area contributed by atoms with E-state index in [-0.39, 0.29) is 16.7 Å². The number of pyridine rings is 1. The highest BCUT2D eigenvalue weighted by atomic mass is 19.4. The highest BCUT2D eigenvalue weighted by Crippen LogP contribution is 2.33. The minimum Gasteiger partial charge on any atom is -0.361 e. The number of halogens is 4. The third kappa shape index (κ3) is 2.42. The van der Waals surface area contributed by atoms with Gasteiger partial charge in [-0.1, -0.05) is 0 Å². The van der Waals surface area contributed by atoms with Gasteiger partial charge in [-0.2, -0.15) is 13.2 Å². The Labute approximate surface area is 98.9 Å². The number of hydrogen-bond donors (Lipinski definition) is 1. The standard InChI is InChI=1S/C12H7F4NO/c13-10-2-1-7(5-9(10)12(14,15)16)11-6-8(18)3-4-17-11/h1-6H,(H,17,18). The number of rotatable bonds is 1. The molecule has 0 fully saturated rings. The zero-order chi connectivity index (χ0) is 13.3. The molecule has 6 heteroatoms. The SMILES string of the molecule is O=c1cc[nH]c(-c2ccc(F)c(C(F)(F)F)c2)c1. The van der Waals surface area contributed by atoms with E-state index in [2.05, 4.69) is 4.98 Å². The molecule has 0 saturated carbocycles. The molecule has 0 unspecified atom stereocenters. The molecule has 0 radical (unpaired) electrons. The molecule has 2 nitrogen and oxygen atoms in total. The molecule has 0 spiro atoms. The summed E-state index contributed by atoms with van der Waals surface area (Å²) in [7, 11) is 0. The van der Waals surface area contributed by atoms with Gasteiger partial charge in [-0.3, -0.25) is 4.79 Å². The second-order valence-corrected chi connectivity index (χ2v) is 3.63. The number of nitrogens with one attached hydrogen (secondary N) is 1. The third-order valence-corrected chi connectivity index (χ3v) is 2.36. The number of alkyl halides is 3. The van der Waals surface area contributed by atoms with Crippen molar-refractivity contribution in [3.05, 3.63) is 58.1 Å². The zero-order valence-corrected chi connectivity index (χ0v) is 8.88. The monoisotopic (exact) mass is 257 g/mol. The Morgan fingerprint density at radius 3 is 2.39 bits per heavy atom. The van der Waals surface area contributed by atoms with Crippen molar-refractivity contribution in [3.8, 4) is 11.3 Å². The molecule has 2 rings (SSSR count). The Kier molecular flexibility index (Phi) is 2.94. The number of aromatic nitrogens is 1. The molecule has 0 aliphatic rings. The van der Waals surface area contributed by atoms with Crippen molar-refractivity contribution in [2.75, 3.05) is 0 Å². The van der Waals surface area contributed by atoms with E-state index in [1.54, 1.807) is 0 Å². The van der Waals surface area contributed by atoms with Crippen molar-refractivity contribution in [2.24, 2.45) is 0 Å². The van der Waals surface area contributed by atoms with Crippen LogP contribution < -0.4 is 5.43 Å². The maximum Gasteiger partial charge on any atom is 0.419 e. The highest BCUT2D eigenvalue weighted by Gasteiger charge is 2.34. The molecule has 1 aromatic heterocycles. The molecule has 18 heavy (non-hydrogen) atoms. The first-order valence-corrected chi connectivity index (χ1v) is 4.94. The molecule has 1 aromatic carbocycles. The van der Waals surface area contributed by atoms with Crippen LogP contribution in [0.4, 0.5) is 17.6 Å². The largest absolute Gasteiger partial charge is 0.419 e. The zero-order valence-electron chi connectivity index (χ0n) is 8.88. The van der Waals surface area contributed by atoms with Crippen LogP contribution in [0.1, 0.15) is 5.56 Å². The minimum atomic E-state index is -4.77. The molecular formula is C12H7F4NO. The maximum absolute atomic E-state index is 13.1. The Hall–Kier alpha value is -2.11. The van der Waals surface area contributed by atoms with E-state index in [4.69, 9.17) is 0 Å². The van der Waals surface area contributed by atoms with Crippen molar-refractivity contribution < 1.29 is 17.6 Å². The van der Waals surface area contributed by atoms with Crippen molar-refractivity contribution in [1.82, 2.24) is 4.98 Å².